The Labute approximate surface area is 177 Å². The summed E-state index contributed by atoms with van der Waals surface area (Å²) < 4.78 is 0. The first-order valence-corrected chi connectivity index (χ1v) is 9.57. The Morgan fingerprint density at radius 3 is 2.47 bits per heavy atom. The van der Waals surface area contributed by atoms with Crippen molar-refractivity contribution in [2.45, 2.75) is 12.8 Å². The van der Waals surface area contributed by atoms with Crippen LogP contribution in [0.4, 0.5) is 0 Å². The summed E-state index contributed by atoms with van der Waals surface area (Å²) in [5.74, 6) is -0.923. The number of hydrogen-bond donors (Lipinski definition) is 3. The van der Waals surface area contributed by atoms with Gasteiger partial charge in [-0.15, -0.1) is 0 Å². The average molecular weight is 418 g/mol. The number of phenols is 1. The maximum Gasteiger partial charge on any atom is 0.303 e. The lowest BCUT2D eigenvalue weighted by atomic mass is 9.97. The highest BCUT2D eigenvalue weighted by molar-refractivity contribution is 6.34. The van der Waals surface area contributed by atoms with Crippen LogP contribution in [0, 0.1) is 11.3 Å². The second-order valence-electron chi connectivity index (χ2n) is 6.83. The second kappa shape index (κ2) is 7.90. The molecule has 3 N–H and O–H groups in total. The number of nitrogens with one attached hydrogen (secondary N) is 1. The van der Waals surface area contributed by atoms with Crippen molar-refractivity contribution < 1.29 is 15.0 Å². The first-order valence-electron chi connectivity index (χ1n) is 9.19. The molecule has 30 heavy (non-hydrogen) atoms. The number of aromatic amines is 1. The smallest absolute Gasteiger partial charge is 0.303 e. The molecule has 0 fully saturated rings. The van der Waals surface area contributed by atoms with Crippen molar-refractivity contribution in [1.29, 1.82) is 5.26 Å². The molecule has 0 aliphatic heterocycles. The minimum Gasteiger partial charge on any atom is -0.506 e. The molecule has 0 atom stereocenters. The van der Waals surface area contributed by atoms with Crippen LogP contribution in [0.2, 0.25) is 5.02 Å². The molecule has 4 aromatic rings. The van der Waals surface area contributed by atoms with Crippen LogP contribution in [0.25, 0.3) is 33.2 Å². The Balaban J connectivity index is 1.72. The molecular weight excluding hydrogens is 402 g/mol. The van der Waals surface area contributed by atoms with Gasteiger partial charge in [0.25, 0.3) is 0 Å². The number of carboxylic acid groups (broad SMARTS) is 1. The number of carbonyl (C=O) groups is 1. The van der Waals surface area contributed by atoms with Crippen molar-refractivity contribution in [3.8, 4) is 34.1 Å². The molecule has 1 aromatic heterocycles. The van der Waals surface area contributed by atoms with Crippen LogP contribution in [0.15, 0.2) is 54.6 Å². The molecule has 3 aromatic carbocycles. The van der Waals surface area contributed by atoms with E-state index in [4.69, 9.17) is 22.0 Å². The van der Waals surface area contributed by atoms with Crippen molar-refractivity contribution in [2.24, 2.45) is 0 Å². The molecule has 0 aliphatic rings. The zero-order valence-electron chi connectivity index (χ0n) is 15.7. The summed E-state index contributed by atoms with van der Waals surface area (Å²) in [6.07, 6.45) is 0.321. The lowest BCUT2D eigenvalue weighted by Gasteiger charge is -2.09. The summed E-state index contributed by atoms with van der Waals surface area (Å²) in [5, 5.41) is 36.8. The molecule has 0 unspecified atom stereocenters. The number of para-hydroxylation sites is 1. The van der Waals surface area contributed by atoms with E-state index in [2.05, 4.69) is 10.2 Å². The quantitative estimate of drug-likeness (QED) is 0.416. The summed E-state index contributed by atoms with van der Waals surface area (Å²) in [7, 11) is 0. The SMILES string of the molecule is N#Cc1cccc(-c2ccc(-c3cc4c(CCC(=O)O)n[nH]c4cc3Cl)cc2)c1O. The fourth-order valence-corrected chi connectivity index (χ4v) is 3.70. The zero-order chi connectivity index (χ0) is 21.3. The van der Waals surface area contributed by atoms with Crippen LogP contribution < -0.4 is 0 Å². The van der Waals surface area contributed by atoms with Gasteiger partial charge in [0.2, 0.25) is 0 Å². The molecule has 0 saturated heterocycles. The number of aryl methyl sites for hydroxylation is 1. The van der Waals surface area contributed by atoms with E-state index in [0.717, 1.165) is 27.6 Å². The maximum absolute atomic E-state index is 10.9. The topological polar surface area (TPSA) is 110 Å². The minimum atomic E-state index is -0.875. The molecule has 0 radical (unpaired) electrons. The number of carboxylic acids is 1. The maximum atomic E-state index is 10.9. The number of nitrogens with zero attached hydrogens (tertiary/aromatic N) is 2. The molecular formula is C23H16ClN3O3. The standard InChI is InChI=1S/C23H16ClN3O3/c24-19-11-21-18(20(26-27-21)8-9-22(28)29)10-17(19)14-6-4-13(5-7-14)16-3-1-2-15(12-25)23(16)30/h1-7,10-11,30H,8-9H2,(H,26,27)(H,28,29). The van der Waals surface area contributed by atoms with Gasteiger partial charge in [0.05, 0.1) is 28.2 Å². The first-order chi connectivity index (χ1) is 14.5. The third-order valence-corrected chi connectivity index (χ3v) is 5.28. The number of aromatic hydroxyl groups is 1. The zero-order valence-corrected chi connectivity index (χ0v) is 16.4. The van der Waals surface area contributed by atoms with Gasteiger partial charge in [-0.3, -0.25) is 9.89 Å². The van der Waals surface area contributed by atoms with Gasteiger partial charge in [0.1, 0.15) is 11.8 Å². The van der Waals surface area contributed by atoms with E-state index < -0.39 is 5.97 Å². The van der Waals surface area contributed by atoms with Crippen molar-refractivity contribution >= 4 is 28.5 Å². The fraction of sp³-hybridized carbons (Fsp3) is 0.0870. The van der Waals surface area contributed by atoms with Gasteiger partial charge in [-0.1, -0.05) is 48.0 Å². The van der Waals surface area contributed by atoms with Crippen molar-refractivity contribution in [3.63, 3.8) is 0 Å². The van der Waals surface area contributed by atoms with E-state index in [1.165, 1.54) is 0 Å². The molecule has 0 aliphatic carbocycles. The highest BCUT2D eigenvalue weighted by Crippen LogP contribution is 2.36. The van der Waals surface area contributed by atoms with E-state index in [9.17, 15) is 9.90 Å². The van der Waals surface area contributed by atoms with E-state index in [-0.39, 0.29) is 17.7 Å². The van der Waals surface area contributed by atoms with Crippen LogP contribution in [0.3, 0.4) is 0 Å². The van der Waals surface area contributed by atoms with Gasteiger partial charge >= 0.3 is 5.97 Å². The van der Waals surface area contributed by atoms with Crippen molar-refractivity contribution in [1.82, 2.24) is 10.2 Å². The highest BCUT2D eigenvalue weighted by Gasteiger charge is 2.14. The lowest BCUT2D eigenvalue weighted by Crippen LogP contribution is -1.98. The summed E-state index contributed by atoms with van der Waals surface area (Å²) in [6.45, 7) is 0. The summed E-state index contributed by atoms with van der Waals surface area (Å²) in [5.41, 5.74) is 4.66. The van der Waals surface area contributed by atoms with Crippen molar-refractivity contribution in [3.05, 3.63) is 70.9 Å². The lowest BCUT2D eigenvalue weighted by molar-refractivity contribution is -0.136. The molecule has 0 amide bonds. The van der Waals surface area contributed by atoms with Crippen LogP contribution in [-0.4, -0.2) is 26.4 Å². The highest BCUT2D eigenvalue weighted by atomic mass is 35.5. The van der Waals surface area contributed by atoms with Crippen LogP contribution in [-0.2, 0) is 11.2 Å². The van der Waals surface area contributed by atoms with E-state index in [1.807, 2.05) is 36.4 Å². The fourth-order valence-electron chi connectivity index (χ4n) is 3.43. The summed E-state index contributed by atoms with van der Waals surface area (Å²) in [6, 6.07) is 18.2. The molecule has 0 bridgehead atoms. The molecule has 6 nitrogen and oxygen atoms in total. The molecule has 1 heterocycles. The molecule has 0 spiro atoms. The first kappa shape index (κ1) is 19.5. The second-order valence-corrected chi connectivity index (χ2v) is 7.24. The predicted octanol–water partition coefficient (Wildman–Crippen LogP) is 5.14. The molecule has 7 heteroatoms. The largest absolute Gasteiger partial charge is 0.506 e. The Morgan fingerprint density at radius 1 is 1.10 bits per heavy atom. The number of rotatable bonds is 5. The normalized spacial score (nSPS) is 10.8. The number of aromatic nitrogens is 2. The average Bonchev–Trinajstić information content (AvgIpc) is 3.13. The number of hydrogen-bond acceptors (Lipinski definition) is 4. The van der Waals surface area contributed by atoms with E-state index >= 15 is 0 Å². The predicted molar refractivity (Wildman–Crippen MR) is 114 cm³/mol. The molecule has 4 rings (SSSR count). The number of fused-ring (bicyclic) bond motifs is 1. The van der Waals surface area contributed by atoms with Gasteiger partial charge < -0.3 is 10.2 Å². The van der Waals surface area contributed by atoms with Crippen LogP contribution >= 0.6 is 11.6 Å². The Hall–Kier alpha value is -3.82. The third kappa shape index (κ3) is 3.59. The molecule has 148 valence electrons. The number of nitriles is 1. The number of aliphatic carboxylic acids is 1. The Kier molecular flexibility index (Phi) is 5.13. The van der Waals surface area contributed by atoms with Gasteiger partial charge in [0, 0.05) is 22.9 Å². The number of benzene rings is 3. The van der Waals surface area contributed by atoms with Gasteiger partial charge in [0.15, 0.2) is 0 Å². The van der Waals surface area contributed by atoms with Crippen LogP contribution in [0.1, 0.15) is 17.7 Å². The summed E-state index contributed by atoms with van der Waals surface area (Å²) >= 11 is 6.48. The Bertz CT molecular complexity index is 1300. The number of halogens is 1. The number of H-pyrrole nitrogens is 1. The van der Waals surface area contributed by atoms with Gasteiger partial charge in [-0.05, 0) is 29.3 Å². The van der Waals surface area contributed by atoms with Gasteiger partial charge in [-0.2, -0.15) is 10.4 Å². The number of phenolic OH excluding ortho intramolecular Hbond substituents is 1. The molecule has 0 saturated carbocycles. The van der Waals surface area contributed by atoms with Gasteiger partial charge in [-0.25, -0.2) is 0 Å². The Morgan fingerprint density at radius 2 is 1.80 bits per heavy atom. The van der Waals surface area contributed by atoms with Crippen LogP contribution in [0.5, 0.6) is 5.75 Å². The third-order valence-electron chi connectivity index (χ3n) is 4.97. The minimum absolute atomic E-state index is 0.00212. The summed E-state index contributed by atoms with van der Waals surface area (Å²) in [4.78, 5) is 10.9. The monoisotopic (exact) mass is 417 g/mol. The van der Waals surface area contributed by atoms with E-state index in [1.54, 1.807) is 24.3 Å². The van der Waals surface area contributed by atoms with Crippen molar-refractivity contribution in [2.75, 3.05) is 0 Å². The van der Waals surface area contributed by atoms with E-state index in [0.29, 0.717) is 22.7 Å².